The van der Waals surface area contributed by atoms with Crippen LogP contribution in [0, 0.1) is 0 Å². The SMILES string of the molecule is CCN(CCO)c1ccccc1.S=S=S=S=S=S. The molecule has 0 heterocycles. The number of hydrogen-bond donors (Lipinski definition) is 1. The minimum absolute atomic E-state index is 0.211. The Morgan fingerprint density at radius 1 is 1.11 bits per heavy atom. The third-order valence-corrected chi connectivity index (χ3v) is 8.62. The van der Waals surface area contributed by atoms with Gasteiger partial charge >= 0.3 is 0 Å². The molecule has 0 amide bonds. The van der Waals surface area contributed by atoms with Gasteiger partial charge in [0, 0.05) is 76.7 Å². The molecule has 1 aromatic rings. The monoisotopic (exact) mass is 357 g/mol. The zero-order chi connectivity index (χ0) is 13.6. The highest BCUT2D eigenvalue weighted by Gasteiger charge is 2.00. The lowest BCUT2D eigenvalue weighted by atomic mass is 10.3. The topological polar surface area (TPSA) is 23.5 Å². The second-order valence-corrected chi connectivity index (χ2v) is 9.99. The summed E-state index contributed by atoms with van der Waals surface area (Å²) < 4.78 is 0. The number of anilines is 1. The fourth-order valence-corrected chi connectivity index (χ4v) is 6.74. The first kappa shape index (κ1) is 18.3. The van der Waals surface area contributed by atoms with E-state index in [1.807, 2.05) is 18.2 Å². The molecule has 18 heavy (non-hydrogen) atoms. The zero-order valence-corrected chi connectivity index (χ0v) is 14.8. The van der Waals surface area contributed by atoms with Gasteiger partial charge in [0.25, 0.3) is 0 Å². The summed E-state index contributed by atoms with van der Waals surface area (Å²) in [6.07, 6.45) is 0. The second kappa shape index (κ2) is 13.7. The summed E-state index contributed by atoms with van der Waals surface area (Å²) in [5.41, 5.74) is 1.18. The van der Waals surface area contributed by atoms with Crippen molar-refractivity contribution in [2.45, 2.75) is 6.92 Å². The maximum absolute atomic E-state index is 8.79. The molecule has 0 saturated carbocycles. The van der Waals surface area contributed by atoms with E-state index in [0.717, 1.165) is 6.54 Å². The molecular weight excluding hydrogens is 343 g/mol. The summed E-state index contributed by atoms with van der Waals surface area (Å²) >= 11 is 9.03. The Morgan fingerprint density at radius 3 is 2.06 bits per heavy atom. The van der Waals surface area contributed by atoms with E-state index in [1.54, 1.807) is 0 Å². The van der Waals surface area contributed by atoms with E-state index in [0.29, 0.717) is 6.54 Å². The van der Waals surface area contributed by atoms with Crippen molar-refractivity contribution in [3.05, 3.63) is 30.3 Å². The molecule has 0 aliphatic rings. The van der Waals surface area contributed by atoms with Gasteiger partial charge in [-0.15, -0.1) is 0 Å². The second-order valence-electron chi connectivity index (χ2n) is 2.91. The van der Waals surface area contributed by atoms with Gasteiger partial charge in [0.2, 0.25) is 0 Å². The molecule has 0 bridgehead atoms. The number of aliphatic hydroxyl groups is 1. The van der Waals surface area contributed by atoms with E-state index < -0.39 is 0 Å². The normalized spacial score (nSPS) is 8.56. The Balaban J connectivity index is 0.000000411. The van der Waals surface area contributed by atoms with Crippen LogP contribution in [0.2, 0.25) is 0 Å². The van der Waals surface area contributed by atoms with E-state index >= 15 is 0 Å². The van der Waals surface area contributed by atoms with Crippen molar-refractivity contribution in [1.82, 2.24) is 0 Å². The number of para-hydroxylation sites is 1. The Hall–Kier alpha value is 0.300. The molecule has 2 nitrogen and oxygen atoms in total. The van der Waals surface area contributed by atoms with Crippen LogP contribution in [0.1, 0.15) is 6.92 Å². The minimum Gasteiger partial charge on any atom is -0.395 e. The van der Waals surface area contributed by atoms with Crippen LogP contribution in [-0.4, -0.2) is 24.8 Å². The van der Waals surface area contributed by atoms with E-state index in [9.17, 15) is 0 Å². The van der Waals surface area contributed by atoms with Crippen LogP contribution in [0.3, 0.4) is 0 Å². The van der Waals surface area contributed by atoms with Crippen LogP contribution in [0.25, 0.3) is 0 Å². The molecule has 0 fully saturated rings. The molecule has 1 aromatic carbocycles. The molecule has 0 spiro atoms. The Labute approximate surface area is 130 Å². The molecule has 0 aliphatic heterocycles. The molecule has 0 saturated heterocycles. The van der Waals surface area contributed by atoms with Crippen LogP contribution in [0.4, 0.5) is 5.69 Å². The first-order chi connectivity index (χ1) is 8.79. The highest BCUT2D eigenvalue weighted by molar-refractivity contribution is 8.64. The van der Waals surface area contributed by atoms with Gasteiger partial charge in [-0.1, -0.05) is 18.2 Å². The largest absolute Gasteiger partial charge is 0.395 e. The fourth-order valence-electron chi connectivity index (χ4n) is 1.25. The number of hydrogen-bond acceptors (Lipinski definition) is 4. The number of likely N-dealkylation sites (N-methyl/N-ethyl adjacent to an activating group) is 1. The van der Waals surface area contributed by atoms with E-state index in [1.165, 1.54) is 41.2 Å². The molecule has 102 valence electrons. The Kier molecular flexibility index (Phi) is 14.0. The van der Waals surface area contributed by atoms with Crippen LogP contribution >= 0.6 is 0 Å². The summed E-state index contributed by atoms with van der Waals surface area (Å²) in [4.78, 5) is 2.14. The summed E-state index contributed by atoms with van der Waals surface area (Å²) in [5.74, 6) is 0. The van der Waals surface area contributed by atoms with Gasteiger partial charge in [-0.2, -0.15) is 0 Å². The van der Waals surface area contributed by atoms with Crippen LogP contribution in [-0.2, 0) is 57.9 Å². The highest BCUT2D eigenvalue weighted by Crippen LogP contribution is 2.11. The van der Waals surface area contributed by atoms with Crippen molar-refractivity contribution >= 4 is 63.6 Å². The summed E-state index contributed by atoms with van der Waals surface area (Å²) in [6, 6.07) is 10.1. The molecule has 8 heteroatoms. The predicted molar refractivity (Wildman–Crippen MR) is 95.6 cm³/mol. The van der Waals surface area contributed by atoms with E-state index in [4.69, 9.17) is 5.11 Å². The zero-order valence-electron chi connectivity index (χ0n) is 9.85. The average Bonchev–Trinajstić information content (AvgIpc) is 2.44. The maximum atomic E-state index is 8.79. The number of benzene rings is 1. The lowest BCUT2D eigenvalue weighted by molar-refractivity contribution is 0.302. The van der Waals surface area contributed by atoms with Gasteiger partial charge in [0.1, 0.15) is 0 Å². The van der Waals surface area contributed by atoms with Gasteiger partial charge in [-0.05, 0) is 19.1 Å². The molecule has 1 rings (SSSR count). The highest BCUT2D eigenvalue weighted by atomic mass is 33.3. The standard InChI is InChI=1S/C10H15NO.S6/c1-2-11(8-9-12)10-6-4-3-5-7-10;1-3-5-6-4-2/h3-7,12H,2,8-9H2,1H3;. The molecular formula is C10H15NOS6. The predicted octanol–water partition coefficient (Wildman–Crippen LogP) is 1.49. The minimum atomic E-state index is 0.211. The smallest absolute Gasteiger partial charge is 0.0606 e. The molecule has 0 unspecified atom stereocenters. The van der Waals surface area contributed by atoms with E-state index in [-0.39, 0.29) is 6.61 Å². The van der Waals surface area contributed by atoms with Gasteiger partial charge < -0.3 is 10.0 Å². The summed E-state index contributed by atoms with van der Waals surface area (Å²) in [5, 5.41) is 8.79. The molecule has 1 N–H and O–H groups in total. The molecule has 0 atom stereocenters. The van der Waals surface area contributed by atoms with Crippen molar-refractivity contribution < 1.29 is 5.11 Å². The van der Waals surface area contributed by atoms with Gasteiger partial charge in [-0.3, -0.25) is 0 Å². The van der Waals surface area contributed by atoms with Gasteiger partial charge in [0.05, 0.1) is 6.61 Å². The quantitative estimate of drug-likeness (QED) is 0.882. The molecule has 0 radical (unpaired) electrons. The summed E-state index contributed by atoms with van der Waals surface area (Å²) in [6.45, 7) is 3.94. The third-order valence-electron chi connectivity index (χ3n) is 1.96. The van der Waals surface area contributed by atoms with Gasteiger partial charge in [0.15, 0.2) is 0 Å². The van der Waals surface area contributed by atoms with Gasteiger partial charge in [-0.25, -0.2) is 0 Å². The lowest BCUT2D eigenvalue weighted by Crippen LogP contribution is -2.25. The van der Waals surface area contributed by atoms with Crippen molar-refractivity contribution in [3.63, 3.8) is 0 Å². The number of rotatable bonds is 4. The Morgan fingerprint density at radius 2 is 1.67 bits per heavy atom. The van der Waals surface area contributed by atoms with Crippen LogP contribution in [0.15, 0.2) is 30.3 Å². The fraction of sp³-hybridized carbons (Fsp3) is 0.400. The van der Waals surface area contributed by atoms with E-state index in [2.05, 4.69) is 46.3 Å². The van der Waals surface area contributed by atoms with Crippen LogP contribution < -0.4 is 4.90 Å². The first-order valence-electron chi connectivity index (χ1n) is 5.12. The summed E-state index contributed by atoms with van der Waals surface area (Å²) in [7, 11) is 5.63. The van der Waals surface area contributed by atoms with Crippen molar-refractivity contribution in [3.8, 4) is 0 Å². The van der Waals surface area contributed by atoms with Crippen LogP contribution in [0.5, 0.6) is 0 Å². The first-order valence-corrected chi connectivity index (χ1v) is 11.8. The van der Waals surface area contributed by atoms with Crippen molar-refractivity contribution in [2.24, 2.45) is 0 Å². The molecule has 0 aliphatic carbocycles. The maximum Gasteiger partial charge on any atom is 0.0606 e. The number of aliphatic hydroxyl groups excluding tert-OH is 1. The average molecular weight is 358 g/mol. The Bertz CT molecular complexity index is 450. The lowest BCUT2D eigenvalue weighted by Gasteiger charge is -2.21. The van der Waals surface area contributed by atoms with Crippen molar-refractivity contribution in [1.29, 1.82) is 0 Å². The van der Waals surface area contributed by atoms with Crippen molar-refractivity contribution in [2.75, 3.05) is 24.6 Å². The molecule has 0 aromatic heterocycles. The number of nitrogens with zero attached hydrogens (tertiary/aromatic N) is 1. The third kappa shape index (κ3) is 9.26.